The highest BCUT2D eigenvalue weighted by molar-refractivity contribution is 7.17. The summed E-state index contributed by atoms with van der Waals surface area (Å²) in [5.41, 5.74) is 1.48. The van der Waals surface area contributed by atoms with Crippen molar-refractivity contribution < 1.29 is 0 Å². The Morgan fingerprint density at radius 3 is 2.72 bits per heavy atom. The summed E-state index contributed by atoms with van der Waals surface area (Å²) in [6, 6.07) is 9.97. The minimum Gasteiger partial charge on any atom is -0.314 e. The van der Waals surface area contributed by atoms with Crippen LogP contribution in [0.4, 0.5) is 0 Å². The van der Waals surface area contributed by atoms with E-state index >= 15 is 0 Å². The van der Waals surface area contributed by atoms with Gasteiger partial charge in [-0.05, 0) is 36.2 Å². The topological polar surface area (TPSA) is 15.3 Å². The summed E-state index contributed by atoms with van der Waals surface area (Å²) in [5.74, 6) is 0. The smallest absolute Gasteiger partial charge is 0.0346 e. The van der Waals surface area contributed by atoms with Gasteiger partial charge >= 0.3 is 0 Å². The van der Waals surface area contributed by atoms with Gasteiger partial charge in [-0.25, -0.2) is 0 Å². The van der Waals surface area contributed by atoms with Gasteiger partial charge in [-0.1, -0.05) is 18.2 Å². The third-order valence-corrected chi connectivity index (χ3v) is 4.94. The molecule has 2 aromatic rings. The van der Waals surface area contributed by atoms with Crippen molar-refractivity contribution in [2.45, 2.75) is 32.5 Å². The molecule has 0 spiro atoms. The molecule has 3 rings (SSSR count). The van der Waals surface area contributed by atoms with Crippen LogP contribution >= 0.6 is 11.3 Å². The molecule has 1 aliphatic rings. The van der Waals surface area contributed by atoms with Crippen LogP contribution in [0, 0.1) is 0 Å². The molecule has 1 N–H and O–H groups in total. The molecule has 18 heavy (non-hydrogen) atoms. The first-order valence-corrected chi connectivity index (χ1v) is 7.55. The Morgan fingerprint density at radius 2 is 1.94 bits per heavy atom. The number of rotatable bonds is 2. The summed E-state index contributed by atoms with van der Waals surface area (Å²) < 4.78 is 1.41. The van der Waals surface area contributed by atoms with E-state index < -0.39 is 0 Å². The van der Waals surface area contributed by atoms with Crippen LogP contribution in [0.5, 0.6) is 0 Å². The first-order chi connectivity index (χ1) is 8.75. The molecule has 1 saturated heterocycles. The Bertz CT molecular complexity index is 524. The molecule has 1 aliphatic heterocycles. The van der Waals surface area contributed by atoms with Crippen LogP contribution in [-0.4, -0.2) is 30.1 Å². The predicted octanol–water partition coefficient (Wildman–Crippen LogP) is 3.08. The fourth-order valence-electron chi connectivity index (χ4n) is 2.83. The van der Waals surface area contributed by atoms with E-state index in [2.05, 4.69) is 53.7 Å². The lowest BCUT2D eigenvalue weighted by Crippen LogP contribution is -2.54. The van der Waals surface area contributed by atoms with Crippen LogP contribution < -0.4 is 5.32 Å². The van der Waals surface area contributed by atoms with Crippen molar-refractivity contribution in [1.29, 1.82) is 0 Å². The molecule has 96 valence electrons. The van der Waals surface area contributed by atoms with E-state index in [1.54, 1.807) is 0 Å². The Hall–Kier alpha value is -0.900. The van der Waals surface area contributed by atoms with Gasteiger partial charge in [-0.2, -0.15) is 0 Å². The van der Waals surface area contributed by atoms with Gasteiger partial charge in [0.15, 0.2) is 0 Å². The predicted molar refractivity (Wildman–Crippen MR) is 79.2 cm³/mol. The summed E-state index contributed by atoms with van der Waals surface area (Å²) in [6.45, 7) is 7.92. The molecule has 0 saturated carbocycles. The van der Waals surface area contributed by atoms with Gasteiger partial charge in [0.05, 0.1) is 0 Å². The van der Waals surface area contributed by atoms with E-state index in [9.17, 15) is 0 Å². The third-order valence-electron chi connectivity index (χ3n) is 3.93. The second kappa shape index (κ2) is 5.00. The van der Waals surface area contributed by atoms with E-state index in [0.717, 1.165) is 19.6 Å². The summed E-state index contributed by atoms with van der Waals surface area (Å²) in [4.78, 5) is 2.62. The van der Waals surface area contributed by atoms with Gasteiger partial charge in [0.25, 0.3) is 0 Å². The van der Waals surface area contributed by atoms with Crippen LogP contribution in [0.3, 0.4) is 0 Å². The van der Waals surface area contributed by atoms with E-state index in [0.29, 0.717) is 12.1 Å². The number of hydrogen-bond acceptors (Lipinski definition) is 3. The fraction of sp³-hybridized carbons (Fsp3) is 0.467. The zero-order valence-electron chi connectivity index (χ0n) is 11.0. The first kappa shape index (κ1) is 12.2. The van der Waals surface area contributed by atoms with Crippen LogP contribution in [0.1, 0.15) is 19.4 Å². The third kappa shape index (κ3) is 2.18. The highest BCUT2D eigenvalue weighted by Gasteiger charge is 2.24. The number of piperazine rings is 1. The average molecular weight is 260 g/mol. The van der Waals surface area contributed by atoms with Gasteiger partial charge in [0.1, 0.15) is 0 Å². The maximum atomic E-state index is 3.49. The van der Waals surface area contributed by atoms with Gasteiger partial charge < -0.3 is 5.32 Å². The molecule has 1 aromatic heterocycles. The van der Waals surface area contributed by atoms with Crippen LogP contribution in [0.2, 0.25) is 0 Å². The van der Waals surface area contributed by atoms with Gasteiger partial charge in [-0.15, -0.1) is 11.3 Å². The van der Waals surface area contributed by atoms with E-state index in [-0.39, 0.29) is 0 Å². The highest BCUT2D eigenvalue weighted by Crippen LogP contribution is 2.28. The number of fused-ring (bicyclic) bond motifs is 1. The largest absolute Gasteiger partial charge is 0.314 e. The van der Waals surface area contributed by atoms with Crippen molar-refractivity contribution in [3.05, 3.63) is 35.2 Å². The Morgan fingerprint density at radius 1 is 1.22 bits per heavy atom. The molecule has 0 amide bonds. The SMILES string of the molecule is CC1CNCC(C)N1Cc1csc2ccccc12. The van der Waals surface area contributed by atoms with Crippen molar-refractivity contribution in [1.82, 2.24) is 10.2 Å². The van der Waals surface area contributed by atoms with E-state index in [4.69, 9.17) is 0 Å². The molecule has 0 aliphatic carbocycles. The van der Waals surface area contributed by atoms with Crippen molar-refractivity contribution >= 4 is 21.4 Å². The average Bonchev–Trinajstić information content (AvgIpc) is 2.77. The molecular weight excluding hydrogens is 240 g/mol. The van der Waals surface area contributed by atoms with Crippen LogP contribution in [0.25, 0.3) is 10.1 Å². The number of benzene rings is 1. The Labute approximate surface area is 113 Å². The summed E-state index contributed by atoms with van der Waals surface area (Å²) in [7, 11) is 0. The van der Waals surface area contributed by atoms with Crippen molar-refractivity contribution in [3.8, 4) is 0 Å². The maximum absolute atomic E-state index is 3.49. The normalized spacial score (nSPS) is 25.7. The lowest BCUT2D eigenvalue weighted by molar-refractivity contribution is 0.109. The molecule has 2 nitrogen and oxygen atoms in total. The molecular formula is C15H20N2S. The van der Waals surface area contributed by atoms with Gasteiger partial charge in [0, 0.05) is 36.4 Å². The van der Waals surface area contributed by atoms with Crippen LogP contribution in [0.15, 0.2) is 29.6 Å². The van der Waals surface area contributed by atoms with Gasteiger partial charge in [0.2, 0.25) is 0 Å². The van der Waals surface area contributed by atoms with Crippen molar-refractivity contribution in [2.24, 2.45) is 0 Å². The first-order valence-electron chi connectivity index (χ1n) is 6.67. The summed E-state index contributed by atoms with van der Waals surface area (Å²) in [5, 5.41) is 7.25. The number of hydrogen-bond donors (Lipinski definition) is 1. The molecule has 0 bridgehead atoms. The molecule has 3 heteroatoms. The maximum Gasteiger partial charge on any atom is 0.0346 e. The second-order valence-corrected chi connectivity index (χ2v) is 6.20. The Kier molecular flexibility index (Phi) is 3.37. The van der Waals surface area contributed by atoms with E-state index in [1.807, 2.05) is 11.3 Å². The van der Waals surface area contributed by atoms with Crippen molar-refractivity contribution in [3.63, 3.8) is 0 Å². The molecule has 2 unspecified atom stereocenters. The minimum absolute atomic E-state index is 0.618. The second-order valence-electron chi connectivity index (χ2n) is 5.29. The molecule has 2 heterocycles. The standard InChI is InChI=1S/C15H20N2S/c1-11-7-16-8-12(2)17(11)9-13-10-18-15-6-4-3-5-14(13)15/h3-6,10-12,16H,7-9H2,1-2H3. The number of nitrogens with zero attached hydrogens (tertiary/aromatic N) is 1. The lowest BCUT2D eigenvalue weighted by atomic mass is 10.1. The zero-order valence-corrected chi connectivity index (χ0v) is 11.8. The van der Waals surface area contributed by atoms with Gasteiger partial charge in [-0.3, -0.25) is 4.90 Å². The monoisotopic (exact) mass is 260 g/mol. The summed E-state index contributed by atoms with van der Waals surface area (Å²) in [6.07, 6.45) is 0. The van der Waals surface area contributed by atoms with Crippen molar-refractivity contribution in [2.75, 3.05) is 13.1 Å². The molecule has 1 fully saturated rings. The highest BCUT2D eigenvalue weighted by atomic mass is 32.1. The van der Waals surface area contributed by atoms with Crippen LogP contribution in [-0.2, 0) is 6.54 Å². The summed E-state index contributed by atoms with van der Waals surface area (Å²) >= 11 is 1.86. The zero-order chi connectivity index (χ0) is 12.5. The molecule has 0 radical (unpaired) electrons. The molecule has 1 aromatic carbocycles. The Balaban J connectivity index is 1.87. The minimum atomic E-state index is 0.618. The fourth-order valence-corrected chi connectivity index (χ4v) is 3.79. The van der Waals surface area contributed by atoms with E-state index in [1.165, 1.54) is 15.6 Å². The number of nitrogens with one attached hydrogen (secondary N) is 1. The molecule has 2 atom stereocenters. The number of thiophene rings is 1. The lowest BCUT2D eigenvalue weighted by Gasteiger charge is -2.39. The quantitative estimate of drug-likeness (QED) is 0.892.